The predicted octanol–water partition coefficient (Wildman–Crippen LogP) is 2.24. The number of anilines is 1. The Balaban J connectivity index is 3.30. The van der Waals surface area contributed by atoms with Gasteiger partial charge in [-0.2, -0.15) is 0 Å². The monoisotopic (exact) mass is 328 g/mol. The van der Waals surface area contributed by atoms with Gasteiger partial charge in [0, 0.05) is 10.5 Å². The summed E-state index contributed by atoms with van der Waals surface area (Å²) in [6.45, 7) is 3.70. The SMILES string of the molecule is CCC(C)N(CC(=O)O)c1cc(Br)ccc1C(N)=O. The minimum Gasteiger partial charge on any atom is -0.480 e. The first-order valence-electron chi connectivity index (χ1n) is 5.94. The number of carboxylic acid groups (broad SMARTS) is 1. The number of carboxylic acids is 1. The fraction of sp³-hybridized carbons (Fsp3) is 0.385. The molecule has 104 valence electrons. The molecule has 0 saturated heterocycles. The predicted molar refractivity (Wildman–Crippen MR) is 77.4 cm³/mol. The number of aliphatic carboxylic acids is 1. The first-order valence-corrected chi connectivity index (χ1v) is 6.73. The third-order valence-corrected chi connectivity index (χ3v) is 3.46. The highest BCUT2D eigenvalue weighted by molar-refractivity contribution is 9.10. The molecule has 0 aliphatic carbocycles. The highest BCUT2D eigenvalue weighted by atomic mass is 79.9. The number of carbonyl (C=O) groups excluding carboxylic acids is 1. The molecule has 1 aromatic rings. The molecule has 19 heavy (non-hydrogen) atoms. The number of hydrogen-bond donors (Lipinski definition) is 2. The summed E-state index contributed by atoms with van der Waals surface area (Å²) >= 11 is 3.32. The Morgan fingerprint density at radius 2 is 2.11 bits per heavy atom. The lowest BCUT2D eigenvalue weighted by molar-refractivity contribution is -0.135. The van der Waals surface area contributed by atoms with Crippen LogP contribution in [0.1, 0.15) is 30.6 Å². The van der Waals surface area contributed by atoms with Gasteiger partial charge >= 0.3 is 5.97 Å². The van der Waals surface area contributed by atoms with Crippen molar-refractivity contribution in [2.24, 2.45) is 5.73 Å². The lowest BCUT2D eigenvalue weighted by Crippen LogP contribution is -2.38. The van der Waals surface area contributed by atoms with Crippen molar-refractivity contribution in [3.05, 3.63) is 28.2 Å². The van der Waals surface area contributed by atoms with Gasteiger partial charge in [0.2, 0.25) is 0 Å². The molecule has 1 amide bonds. The van der Waals surface area contributed by atoms with Gasteiger partial charge in [0.15, 0.2) is 0 Å². The second kappa shape index (κ2) is 6.56. The zero-order valence-electron chi connectivity index (χ0n) is 10.9. The van der Waals surface area contributed by atoms with E-state index in [0.717, 1.165) is 10.9 Å². The summed E-state index contributed by atoms with van der Waals surface area (Å²) in [5, 5.41) is 9.02. The topological polar surface area (TPSA) is 83.6 Å². The molecule has 1 unspecified atom stereocenters. The van der Waals surface area contributed by atoms with Crippen molar-refractivity contribution < 1.29 is 14.7 Å². The lowest BCUT2D eigenvalue weighted by atomic mass is 10.1. The van der Waals surface area contributed by atoms with Crippen LogP contribution < -0.4 is 10.6 Å². The summed E-state index contributed by atoms with van der Waals surface area (Å²) in [6, 6.07) is 5.01. The zero-order chi connectivity index (χ0) is 14.6. The fourth-order valence-corrected chi connectivity index (χ4v) is 2.14. The fourth-order valence-electron chi connectivity index (χ4n) is 1.80. The Morgan fingerprint density at radius 1 is 1.47 bits per heavy atom. The van der Waals surface area contributed by atoms with Gasteiger partial charge in [-0.25, -0.2) is 0 Å². The highest BCUT2D eigenvalue weighted by Gasteiger charge is 2.21. The molecule has 0 bridgehead atoms. The van der Waals surface area contributed by atoms with Gasteiger partial charge in [-0.15, -0.1) is 0 Å². The van der Waals surface area contributed by atoms with E-state index in [1.807, 2.05) is 13.8 Å². The number of amides is 1. The summed E-state index contributed by atoms with van der Waals surface area (Å²) in [7, 11) is 0. The minimum absolute atomic E-state index is 0.0106. The Labute approximate surface area is 120 Å². The van der Waals surface area contributed by atoms with Crippen molar-refractivity contribution in [1.29, 1.82) is 0 Å². The number of rotatable bonds is 6. The van der Waals surface area contributed by atoms with Crippen LogP contribution in [0.25, 0.3) is 0 Å². The summed E-state index contributed by atoms with van der Waals surface area (Å²) in [5.41, 5.74) is 6.21. The van der Waals surface area contributed by atoms with E-state index in [4.69, 9.17) is 10.8 Å². The molecule has 1 rings (SSSR count). The van der Waals surface area contributed by atoms with Crippen molar-refractivity contribution in [2.45, 2.75) is 26.3 Å². The van der Waals surface area contributed by atoms with Gasteiger partial charge in [0.05, 0.1) is 11.3 Å². The number of nitrogens with two attached hydrogens (primary N) is 1. The second-order valence-corrected chi connectivity index (χ2v) is 5.22. The van der Waals surface area contributed by atoms with E-state index in [0.29, 0.717) is 11.3 Å². The summed E-state index contributed by atoms with van der Waals surface area (Å²) in [6.07, 6.45) is 0.762. The molecule has 0 saturated carbocycles. The Morgan fingerprint density at radius 3 is 2.58 bits per heavy atom. The molecule has 0 aliphatic heterocycles. The number of carbonyl (C=O) groups is 2. The number of nitrogens with zero attached hydrogens (tertiary/aromatic N) is 1. The van der Waals surface area contributed by atoms with Gasteiger partial charge in [0.25, 0.3) is 5.91 Å². The third kappa shape index (κ3) is 3.96. The lowest BCUT2D eigenvalue weighted by Gasteiger charge is -2.30. The first kappa shape index (κ1) is 15.5. The normalized spacial score (nSPS) is 11.9. The average molecular weight is 329 g/mol. The quantitative estimate of drug-likeness (QED) is 0.838. The number of halogens is 1. The standard InChI is InChI=1S/C13H17BrN2O3/c1-3-8(2)16(7-12(17)18)11-6-9(14)4-5-10(11)13(15)19/h4-6,8H,3,7H2,1-2H3,(H2,15,19)(H,17,18). The summed E-state index contributed by atoms with van der Waals surface area (Å²) in [4.78, 5) is 24.1. The van der Waals surface area contributed by atoms with Gasteiger partial charge in [-0.3, -0.25) is 9.59 Å². The van der Waals surface area contributed by atoms with Crippen LogP contribution in [-0.4, -0.2) is 29.6 Å². The van der Waals surface area contributed by atoms with E-state index in [1.165, 1.54) is 0 Å². The summed E-state index contributed by atoms with van der Waals surface area (Å²) in [5.74, 6) is -1.52. The molecule has 1 aromatic carbocycles. The van der Waals surface area contributed by atoms with Crippen LogP contribution in [-0.2, 0) is 4.79 Å². The van der Waals surface area contributed by atoms with Crippen LogP contribution in [0.4, 0.5) is 5.69 Å². The van der Waals surface area contributed by atoms with Crippen molar-refractivity contribution in [3.8, 4) is 0 Å². The Hall–Kier alpha value is -1.56. The molecule has 3 N–H and O–H groups in total. The van der Waals surface area contributed by atoms with Gasteiger partial charge in [0.1, 0.15) is 6.54 Å². The van der Waals surface area contributed by atoms with E-state index in [-0.39, 0.29) is 12.6 Å². The van der Waals surface area contributed by atoms with Crippen LogP contribution in [0.15, 0.2) is 22.7 Å². The molecule has 5 nitrogen and oxygen atoms in total. The molecule has 6 heteroatoms. The number of benzene rings is 1. The molecular formula is C13H17BrN2O3. The minimum atomic E-state index is -0.948. The Bertz CT molecular complexity index is 491. The maximum absolute atomic E-state index is 11.5. The zero-order valence-corrected chi connectivity index (χ0v) is 12.5. The maximum Gasteiger partial charge on any atom is 0.323 e. The van der Waals surface area contributed by atoms with E-state index in [1.54, 1.807) is 23.1 Å². The molecule has 1 atom stereocenters. The van der Waals surface area contributed by atoms with Crippen LogP contribution in [0.2, 0.25) is 0 Å². The first-order chi connectivity index (χ1) is 8.86. The molecular weight excluding hydrogens is 312 g/mol. The van der Waals surface area contributed by atoms with Crippen LogP contribution in [0.3, 0.4) is 0 Å². The van der Waals surface area contributed by atoms with Gasteiger partial charge in [-0.1, -0.05) is 22.9 Å². The molecule has 0 aromatic heterocycles. The third-order valence-electron chi connectivity index (χ3n) is 2.96. The van der Waals surface area contributed by atoms with E-state index in [9.17, 15) is 9.59 Å². The van der Waals surface area contributed by atoms with E-state index in [2.05, 4.69) is 15.9 Å². The van der Waals surface area contributed by atoms with Crippen LogP contribution in [0.5, 0.6) is 0 Å². The van der Waals surface area contributed by atoms with Gasteiger partial charge < -0.3 is 15.7 Å². The number of hydrogen-bond acceptors (Lipinski definition) is 3. The average Bonchev–Trinajstić information content (AvgIpc) is 2.34. The van der Waals surface area contributed by atoms with E-state index >= 15 is 0 Å². The van der Waals surface area contributed by atoms with Crippen LogP contribution >= 0.6 is 15.9 Å². The smallest absolute Gasteiger partial charge is 0.323 e. The molecule has 0 spiro atoms. The number of primary amides is 1. The molecule has 0 aliphatic rings. The highest BCUT2D eigenvalue weighted by Crippen LogP contribution is 2.27. The summed E-state index contributed by atoms with van der Waals surface area (Å²) < 4.78 is 0.770. The maximum atomic E-state index is 11.5. The Kier molecular flexibility index (Phi) is 5.35. The second-order valence-electron chi connectivity index (χ2n) is 4.30. The van der Waals surface area contributed by atoms with Gasteiger partial charge in [-0.05, 0) is 31.5 Å². The van der Waals surface area contributed by atoms with Crippen molar-refractivity contribution >= 4 is 33.5 Å². The van der Waals surface area contributed by atoms with Crippen molar-refractivity contribution in [1.82, 2.24) is 0 Å². The van der Waals surface area contributed by atoms with Crippen molar-refractivity contribution in [3.63, 3.8) is 0 Å². The van der Waals surface area contributed by atoms with E-state index < -0.39 is 11.9 Å². The van der Waals surface area contributed by atoms with Crippen LogP contribution in [0, 0.1) is 0 Å². The molecule has 0 fully saturated rings. The largest absolute Gasteiger partial charge is 0.480 e. The molecule has 0 radical (unpaired) electrons. The van der Waals surface area contributed by atoms with Crippen molar-refractivity contribution in [2.75, 3.05) is 11.4 Å². The molecule has 0 heterocycles.